The lowest BCUT2D eigenvalue weighted by Crippen LogP contribution is -2.37. The van der Waals surface area contributed by atoms with Crippen molar-refractivity contribution < 1.29 is 9.53 Å². The highest BCUT2D eigenvalue weighted by atomic mass is 16.5. The molecular formula is C16H25NO2. The van der Waals surface area contributed by atoms with Gasteiger partial charge in [0.25, 0.3) is 0 Å². The quantitative estimate of drug-likeness (QED) is 0.852. The van der Waals surface area contributed by atoms with E-state index < -0.39 is 5.41 Å². The summed E-state index contributed by atoms with van der Waals surface area (Å²) in [7, 11) is 1.39. The van der Waals surface area contributed by atoms with Crippen molar-refractivity contribution in [3.8, 4) is 0 Å². The van der Waals surface area contributed by atoms with Crippen LogP contribution >= 0.6 is 0 Å². The topological polar surface area (TPSA) is 52.3 Å². The summed E-state index contributed by atoms with van der Waals surface area (Å²) in [5.41, 5.74) is 7.78. The summed E-state index contributed by atoms with van der Waals surface area (Å²) in [6.07, 6.45) is 0. The third-order valence-electron chi connectivity index (χ3n) is 3.62. The fourth-order valence-electron chi connectivity index (χ4n) is 2.00. The molecule has 0 aliphatic heterocycles. The van der Waals surface area contributed by atoms with Crippen molar-refractivity contribution >= 4 is 5.97 Å². The van der Waals surface area contributed by atoms with Gasteiger partial charge in [-0.2, -0.15) is 0 Å². The average molecular weight is 263 g/mol. The van der Waals surface area contributed by atoms with Crippen molar-refractivity contribution in [2.24, 2.45) is 11.1 Å². The molecule has 0 heterocycles. The number of benzene rings is 1. The molecule has 0 aliphatic rings. The van der Waals surface area contributed by atoms with Crippen LogP contribution in [0.3, 0.4) is 0 Å². The first-order chi connectivity index (χ1) is 8.60. The predicted octanol–water partition coefficient (Wildman–Crippen LogP) is 3.18. The van der Waals surface area contributed by atoms with Gasteiger partial charge in [0.1, 0.15) is 0 Å². The van der Waals surface area contributed by atoms with E-state index in [1.807, 2.05) is 12.1 Å². The van der Waals surface area contributed by atoms with Crippen LogP contribution in [-0.2, 0) is 14.9 Å². The van der Waals surface area contributed by atoms with Crippen LogP contribution < -0.4 is 5.73 Å². The molecule has 19 heavy (non-hydrogen) atoms. The molecule has 3 nitrogen and oxygen atoms in total. The maximum absolute atomic E-state index is 11.8. The number of carbonyl (C=O) groups excluding carboxylic acids is 1. The van der Waals surface area contributed by atoms with Crippen molar-refractivity contribution in [1.82, 2.24) is 0 Å². The molecular weight excluding hydrogens is 238 g/mol. The van der Waals surface area contributed by atoms with Gasteiger partial charge >= 0.3 is 5.97 Å². The summed E-state index contributed by atoms with van der Waals surface area (Å²) in [6.45, 7) is 10.1. The molecule has 0 unspecified atom stereocenters. The van der Waals surface area contributed by atoms with Gasteiger partial charge in [-0.25, -0.2) is 0 Å². The standard InChI is InChI=1S/C16H25NO2/c1-15(2,3)12-9-7-11(8-10-12)13(17)16(4,5)14(18)19-6/h7-10,13H,17H2,1-6H3/t13-/m1/s1. The number of carbonyl (C=O) groups is 1. The van der Waals surface area contributed by atoms with Gasteiger partial charge in [-0.15, -0.1) is 0 Å². The lowest BCUT2D eigenvalue weighted by Gasteiger charge is -2.29. The molecule has 1 rings (SSSR count). The maximum atomic E-state index is 11.8. The normalized spacial score (nSPS) is 14.1. The Balaban J connectivity index is 3.02. The zero-order valence-corrected chi connectivity index (χ0v) is 12.8. The van der Waals surface area contributed by atoms with Gasteiger partial charge in [0.2, 0.25) is 0 Å². The second kappa shape index (κ2) is 5.33. The Morgan fingerprint density at radius 2 is 1.58 bits per heavy atom. The molecule has 3 heteroatoms. The molecule has 0 aliphatic carbocycles. The first kappa shape index (κ1) is 15.7. The average Bonchev–Trinajstić information content (AvgIpc) is 2.35. The van der Waals surface area contributed by atoms with E-state index in [-0.39, 0.29) is 17.4 Å². The molecule has 0 radical (unpaired) electrons. The van der Waals surface area contributed by atoms with Gasteiger partial charge < -0.3 is 10.5 Å². The van der Waals surface area contributed by atoms with Crippen LogP contribution in [0.15, 0.2) is 24.3 Å². The Labute approximate surface area is 116 Å². The van der Waals surface area contributed by atoms with E-state index in [0.717, 1.165) is 5.56 Å². The maximum Gasteiger partial charge on any atom is 0.313 e. The van der Waals surface area contributed by atoms with E-state index in [1.54, 1.807) is 13.8 Å². The van der Waals surface area contributed by atoms with Crippen LogP contribution in [0, 0.1) is 5.41 Å². The van der Waals surface area contributed by atoms with Crippen molar-refractivity contribution in [1.29, 1.82) is 0 Å². The molecule has 0 fully saturated rings. The number of ether oxygens (including phenoxy) is 1. The van der Waals surface area contributed by atoms with Crippen molar-refractivity contribution in [2.75, 3.05) is 7.11 Å². The molecule has 0 spiro atoms. The third kappa shape index (κ3) is 3.35. The number of nitrogens with two attached hydrogens (primary N) is 1. The lowest BCUT2D eigenvalue weighted by molar-refractivity contribution is -0.152. The summed E-state index contributed by atoms with van der Waals surface area (Å²) in [6, 6.07) is 7.76. The minimum absolute atomic E-state index is 0.112. The Bertz CT molecular complexity index is 441. The van der Waals surface area contributed by atoms with Crippen LogP contribution in [-0.4, -0.2) is 13.1 Å². The molecule has 0 saturated heterocycles. The highest BCUT2D eigenvalue weighted by molar-refractivity contribution is 5.77. The fraction of sp³-hybridized carbons (Fsp3) is 0.562. The Morgan fingerprint density at radius 3 is 1.95 bits per heavy atom. The number of methoxy groups -OCH3 is 1. The molecule has 1 aromatic carbocycles. The van der Waals surface area contributed by atoms with E-state index in [0.29, 0.717) is 0 Å². The van der Waals surface area contributed by atoms with Crippen LogP contribution in [0.25, 0.3) is 0 Å². The summed E-state index contributed by atoms with van der Waals surface area (Å²) in [5, 5.41) is 0. The lowest BCUT2D eigenvalue weighted by atomic mass is 9.79. The molecule has 1 aromatic rings. The van der Waals surface area contributed by atoms with Crippen LogP contribution in [0.4, 0.5) is 0 Å². The zero-order valence-electron chi connectivity index (χ0n) is 12.8. The van der Waals surface area contributed by atoms with Crippen LogP contribution in [0.5, 0.6) is 0 Å². The fourth-order valence-corrected chi connectivity index (χ4v) is 2.00. The van der Waals surface area contributed by atoms with E-state index in [4.69, 9.17) is 10.5 Å². The van der Waals surface area contributed by atoms with Gasteiger partial charge in [0.15, 0.2) is 0 Å². The van der Waals surface area contributed by atoms with Gasteiger partial charge in [0, 0.05) is 6.04 Å². The third-order valence-corrected chi connectivity index (χ3v) is 3.62. The zero-order chi connectivity index (χ0) is 14.8. The Kier molecular flexibility index (Phi) is 4.41. The molecule has 0 amide bonds. The smallest absolute Gasteiger partial charge is 0.313 e. The molecule has 1 atom stereocenters. The van der Waals surface area contributed by atoms with Gasteiger partial charge in [-0.05, 0) is 30.4 Å². The second-order valence-electron chi connectivity index (χ2n) is 6.56. The van der Waals surface area contributed by atoms with E-state index in [9.17, 15) is 4.79 Å². The number of hydrogen-bond donors (Lipinski definition) is 1. The van der Waals surface area contributed by atoms with Crippen molar-refractivity contribution in [2.45, 2.75) is 46.1 Å². The highest BCUT2D eigenvalue weighted by Gasteiger charge is 2.36. The van der Waals surface area contributed by atoms with Gasteiger partial charge in [-0.3, -0.25) is 4.79 Å². The molecule has 2 N–H and O–H groups in total. The molecule has 106 valence electrons. The van der Waals surface area contributed by atoms with Crippen LogP contribution in [0.2, 0.25) is 0 Å². The molecule has 0 aromatic heterocycles. The Morgan fingerprint density at radius 1 is 1.11 bits per heavy atom. The SMILES string of the molecule is COC(=O)C(C)(C)[C@H](N)c1ccc(C(C)(C)C)cc1. The predicted molar refractivity (Wildman–Crippen MR) is 77.9 cm³/mol. The monoisotopic (exact) mass is 263 g/mol. The van der Waals surface area contributed by atoms with E-state index in [1.165, 1.54) is 12.7 Å². The number of hydrogen-bond acceptors (Lipinski definition) is 3. The largest absolute Gasteiger partial charge is 0.469 e. The first-order valence-corrected chi connectivity index (χ1v) is 6.55. The van der Waals surface area contributed by atoms with E-state index >= 15 is 0 Å². The Hall–Kier alpha value is -1.35. The number of rotatable bonds is 3. The summed E-state index contributed by atoms with van der Waals surface area (Å²) >= 11 is 0. The highest BCUT2D eigenvalue weighted by Crippen LogP contribution is 2.33. The minimum Gasteiger partial charge on any atom is -0.469 e. The number of esters is 1. The van der Waals surface area contributed by atoms with E-state index in [2.05, 4.69) is 32.9 Å². The summed E-state index contributed by atoms with van der Waals surface area (Å²) in [5.74, 6) is -0.292. The van der Waals surface area contributed by atoms with Gasteiger partial charge in [0.05, 0.1) is 12.5 Å². The van der Waals surface area contributed by atoms with Gasteiger partial charge in [-0.1, -0.05) is 45.0 Å². The minimum atomic E-state index is -0.738. The summed E-state index contributed by atoms with van der Waals surface area (Å²) < 4.78 is 4.82. The summed E-state index contributed by atoms with van der Waals surface area (Å²) in [4.78, 5) is 11.8. The molecule has 0 saturated carbocycles. The van der Waals surface area contributed by atoms with Crippen LogP contribution in [0.1, 0.15) is 51.8 Å². The first-order valence-electron chi connectivity index (χ1n) is 6.55. The van der Waals surface area contributed by atoms with Crippen molar-refractivity contribution in [3.63, 3.8) is 0 Å². The molecule has 0 bridgehead atoms. The van der Waals surface area contributed by atoms with Crippen molar-refractivity contribution in [3.05, 3.63) is 35.4 Å². The second-order valence-corrected chi connectivity index (χ2v) is 6.56.